The van der Waals surface area contributed by atoms with Crippen molar-refractivity contribution in [1.82, 2.24) is 0 Å². The number of aliphatic carboxylic acids is 1. The maximum absolute atomic E-state index is 10.7. The number of carboxylic acid groups (broad SMARTS) is 1. The van der Waals surface area contributed by atoms with Crippen LogP contribution in [0.5, 0.6) is 11.5 Å². The normalized spacial score (nSPS) is 12.9. The van der Waals surface area contributed by atoms with Gasteiger partial charge in [-0.25, -0.2) is 0 Å². The summed E-state index contributed by atoms with van der Waals surface area (Å²) in [6.07, 6.45) is -0.387. The van der Waals surface area contributed by atoms with E-state index in [0.29, 0.717) is 5.75 Å². The zero-order valence-corrected chi connectivity index (χ0v) is 12.2. The van der Waals surface area contributed by atoms with Crippen molar-refractivity contribution in [3.05, 3.63) is 23.8 Å². The van der Waals surface area contributed by atoms with Crippen LogP contribution in [0.25, 0.3) is 0 Å². The average Bonchev–Trinajstić information content (AvgIpc) is 2.26. The van der Waals surface area contributed by atoms with Gasteiger partial charge < -0.3 is 14.6 Å². The van der Waals surface area contributed by atoms with Crippen LogP contribution < -0.4 is 9.47 Å². The molecule has 0 heterocycles. The van der Waals surface area contributed by atoms with Gasteiger partial charge in [-0.1, -0.05) is 20.8 Å². The molecule has 0 spiro atoms. The molecule has 4 heteroatoms. The summed E-state index contributed by atoms with van der Waals surface area (Å²) in [5, 5.41) is 8.77. The van der Waals surface area contributed by atoms with Crippen molar-refractivity contribution in [2.45, 2.75) is 45.6 Å². The molecule has 1 atom stereocenters. The van der Waals surface area contributed by atoms with Crippen molar-refractivity contribution in [3.8, 4) is 11.5 Å². The zero-order valence-electron chi connectivity index (χ0n) is 12.2. The monoisotopic (exact) mass is 266 g/mol. The van der Waals surface area contributed by atoms with Crippen molar-refractivity contribution in [2.24, 2.45) is 0 Å². The van der Waals surface area contributed by atoms with E-state index in [9.17, 15) is 4.79 Å². The molecule has 19 heavy (non-hydrogen) atoms. The van der Waals surface area contributed by atoms with Crippen molar-refractivity contribution in [3.63, 3.8) is 0 Å². The second kappa shape index (κ2) is 5.95. The van der Waals surface area contributed by atoms with E-state index in [-0.39, 0.29) is 17.9 Å². The number of hydrogen-bond donors (Lipinski definition) is 1. The second-order valence-electron chi connectivity index (χ2n) is 5.64. The molecule has 0 saturated carbocycles. The highest BCUT2D eigenvalue weighted by atomic mass is 16.5. The van der Waals surface area contributed by atoms with E-state index in [0.717, 1.165) is 11.3 Å². The summed E-state index contributed by atoms with van der Waals surface area (Å²) in [7, 11) is 1.62. The largest absolute Gasteiger partial charge is 0.497 e. The lowest BCUT2D eigenvalue weighted by molar-refractivity contribution is -0.138. The minimum absolute atomic E-state index is 0.0182. The molecule has 1 aromatic carbocycles. The van der Waals surface area contributed by atoms with Gasteiger partial charge in [0.15, 0.2) is 0 Å². The standard InChI is InChI=1S/C15H22O4/c1-10(8-14(16)17)19-13-7-6-11(18-5)9-12(13)15(2,3)4/h6-7,9-10H,8H2,1-5H3,(H,16,17)/t10-/m0/s1. The summed E-state index contributed by atoms with van der Waals surface area (Å²) in [5.41, 5.74) is 0.899. The van der Waals surface area contributed by atoms with Crippen molar-refractivity contribution in [2.75, 3.05) is 7.11 Å². The minimum Gasteiger partial charge on any atom is -0.497 e. The number of carbonyl (C=O) groups is 1. The first-order valence-corrected chi connectivity index (χ1v) is 6.31. The predicted molar refractivity (Wildman–Crippen MR) is 74.0 cm³/mol. The molecule has 0 radical (unpaired) electrons. The Morgan fingerprint density at radius 1 is 1.37 bits per heavy atom. The van der Waals surface area contributed by atoms with Gasteiger partial charge in [0.2, 0.25) is 0 Å². The summed E-state index contributed by atoms with van der Waals surface area (Å²) in [4.78, 5) is 10.7. The highest BCUT2D eigenvalue weighted by molar-refractivity contribution is 5.67. The Balaban J connectivity index is 3.03. The lowest BCUT2D eigenvalue weighted by atomic mass is 9.86. The molecule has 0 aliphatic carbocycles. The van der Waals surface area contributed by atoms with Crippen LogP contribution in [0.15, 0.2) is 18.2 Å². The third kappa shape index (κ3) is 4.47. The average molecular weight is 266 g/mol. The molecule has 1 N–H and O–H groups in total. The van der Waals surface area contributed by atoms with E-state index < -0.39 is 5.97 Å². The lowest BCUT2D eigenvalue weighted by Crippen LogP contribution is -2.20. The first kappa shape index (κ1) is 15.3. The molecule has 0 saturated heterocycles. The fourth-order valence-electron chi connectivity index (χ4n) is 1.83. The SMILES string of the molecule is COc1ccc(O[C@@H](C)CC(=O)O)c(C(C)(C)C)c1. The summed E-state index contributed by atoms with van der Waals surface area (Å²) >= 11 is 0. The molecular weight excluding hydrogens is 244 g/mol. The van der Waals surface area contributed by atoms with Gasteiger partial charge in [0.05, 0.1) is 13.5 Å². The van der Waals surface area contributed by atoms with Gasteiger partial charge in [-0.3, -0.25) is 4.79 Å². The Kier molecular flexibility index (Phi) is 4.81. The highest BCUT2D eigenvalue weighted by Gasteiger charge is 2.21. The summed E-state index contributed by atoms with van der Waals surface area (Å²) < 4.78 is 11.0. The number of rotatable bonds is 5. The number of methoxy groups -OCH3 is 1. The molecule has 0 aliphatic heterocycles. The predicted octanol–water partition coefficient (Wildman–Crippen LogP) is 3.23. The van der Waals surface area contributed by atoms with Crippen LogP contribution >= 0.6 is 0 Å². The van der Waals surface area contributed by atoms with Crippen molar-refractivity contribution in [1.29, 1.82) is 0 Å². The number of hydrogen-bond acceptors (Lipinski definition) is 3. The molecule has 0 aliphatic rings. The van der Waals surface area contributed by atoms with Gasteiger partial charge in [-0.15, -0.1) is 0 Å². The third-order valence-electron chi connectivity index (χ3n) is 2.78. The van der Waals surface area contributed by atoms with Crippen molar-refractivity contribution >= 4 is 5.97 Å². The van der Waals surface area contributed by atoms with E-state index in [1.54, 1.807) is 14.0 Å². The molecule has 0 amide bonds. The van der Waals surface area contributed by atoms with Crippen LogP contribution in [0.4, 0.5) is 0 Å². The summed E-state index contributed by atoms with van der Waals surface area (Å²) in [5.74, 6) is 0.614. The minimum atomic E-state index is -0.863. The van der Waals surface area contributed by atoms with Gasteiger partial charge in [0.25, 0.3) is 0 Å². The van der Waals surface area contributed by atoms with Gasteiger partial charge in [-0.05, 0) is 30.5 Å². The molecule has 1 aromatic rings. The second-order valence-corrected chi connectivity index (χ2v) is 5.64. The maximum Gasteiger partial charge on any atom is 0.307 e. The molecule has 106 valence electrons. The number of carboxylic acids is 1. The first-order valence-electron chi connectivity index (χ1n) is 6.31. The lowest BCUT2D eigenvalue weighted by Gasteiger charge is -2.25. The van der Waals surface area contributed by atoms with Crippen LogP contribution in [0.2, 0.25) is 0 Å². The quantitative estimate of drug-likeness (QED) is 0.889. The van der Waals surface area contributed by atoms with Crippen molar-refractivity contribution < 1.29 is 19.4 Å². The number of ether oxygens (including phenoxy) is 2. The topological polar surface area (TPSA) is 55.8 Å². The number of benzene rings is 1. The van der Waals surface area contributed by atoms with E-state index >= 15 is 0 Å². The molecule has 0 aromatic heterocycles. The molecular formula is C15H22O4. The zero-order chi connectivity index (χ0) is 14.6. The molecule has 0 unspecified atom stereocenters. The van der Waals surface area contributed by atoms with Crippen LogP contribution in [-0.2, 0) is 10.2 Å². The van der Waals surface area contributed by atoms with E-state index in [4.69, 9.17) is 14.6 Å². The molecule has 0 fully saturated rings. The van der Waals surface area contributed by atoms with Gasteiger partial charge in [0, 0.05) is 5.56 Å². The summed E-state index contributed by atoms with van der Waals surface area (Å²) in [6, 6.07) is 5.58. The van der Waals surface area contributed by atoms with E-state index in [2.05, 4.69) is 20.8 Å². The molecule has 1 rings (SSSR count). The Labute approximate surface area is 114 Å². The van der Waals surface area contributed by atoms with Crippen LogP contribution in [-0.4, -0.2) is 24.3 Å². The smallest absolute Gasteiger partial charge is 0.307 e. The highest BCUT2D eigenvalue weighted by Crippen LogP contribution is 2.35. The van der Waals surface area contributed by atoms with Gasteiger partial charge in [-0.2, -0.15) is 0 Å². The van der Waals surface area contributed by atoms with Crippen LogP contribution in [0.3, 0.4) is 0 Å². The van der Waals surface area contributed by atoms with Crippen LogP contribution in [0, 0.1) is 0 Å². The fraction of sp³-hybridized carbons (Fsp3) is 0.533. The summed E-state index contributed by atoms with van der Waals surface area (Å²) in [6.45, 7) is 7.99. The van der Waals surface area contributed by atoms with E-state index in [1.165, 1.54) is 0 Å². The molecule has 0 bridgehead atoms. The fourth-order valence-corrected chi connectivity index (χ4v) is 1.83. The molecule has 4 nitrogen and oxygen atoms in total. The maximum atomic E-state index is 10.7. The van der Waals surface area contributed by atoms with Crippen LogP contribution in [0.1, 0.15) is 39.7 Å². The van der Waals surface area contributed by atoms with E-state index in [1.807, 2.05) is 18.2 Å². The Bertz CT molecular complexity index is 446. The Morgan fingerprint density at radius 3 is 2.47 bits per heavy atom. The third-order valence-corrected chi connectivity index (χ3v) is 2.78. The van der Waals surface area contributed by atoms with Gasteiger partial charge >= 0.3 is 5.97 Å². The van der Waals surface area contributed by atoms with Gasteiger partial charge in [0.1, 0.15) is 17.6 Å². The Morgan fingerprint density at radius 2 is 2.00 bits per heavy atom. The Hall–Kier alpha value is -1.71. The first-order chi connectivity index (χ1) is 8.74.